The smallest absolute Gasteiger partial charge is 0.246 e. The van der Waals surface area contributed by atoms with Crippen LogP contribution in [-0.2, 0) is 25.5 Å². The summed E-state index contributed by atoms with van der Waals surface area (Å²) in [5.41, 5.74) is -0.833. The monoisotopic (exact) mass is 497 g/mol. The van der Waals surface area contributed by atoms with Crippen molar-refractivity contribution >= 4 is 17.7 Å². The molecule has 0 radical (unpaired) electrons. The van der Waals surface area contributed by atoms with Crippen molar-refractivity contribution < 1.29 is 24.2 Å². The lowest BCUT2D eigenvalue weighted by Gasteiger charge is -2.38. The van der Waals surface area contributed by atoms with Gasteiger partial charge in [0.2, 0.25) is 17.7 Å². The van der Waals surface area contributed by atoms with E-state index in [0.29, 0.717) is 25.7 Å². The zero-order chi connectivity index (χ0) is 25.5. The SMILES string of the molecule is CC[C@]12CCC3(O1)C(C(=O)NC1CCCCC1)N([C@@H](CO)Cc1ccccc1)C(=O)[C@@H]3[C@H]2C(=O)NC. The molecule has 1 aromatic rings. The number of hydrogen-bond donors (Lipinski definition) is 3. The van der Waals surface area contributed by atoms with Crippen molar-refractivity contribution in [3.63, 3.8) is 0 Å². The van der Waals surface area contributed by atoms with Gasteiger partial charge in [-0.25, -0.2) is 0 Å². The van der Waals surface area contributed by atoms with Crippen LogP contribution in [0.1, 0.15) is 63.9 Å². The third-order valence-corrected chi connectivity index (χ3v) is 9.27. The number of carbonyl (C=O) groups excluding carboxylic acids is 3. The summed E-state index contributed by atoms with van der Waals surface area (Å²) in [6.07, 6.45) is 7.38. The van der Waals surface area contributed by atoms with Crippen molar-refractivity contribution in [1.82, 2.24) is 15.5 Å². The minimum absolute atomic E-state index is 0.0776. The Labute approximate surface area is 213 Å². The van der Waals surface area contributed by atoms with Crippen LogP contribution in [0.4, 0.5) is 0 Å². The Balaban J connectivity index is 1.55. The molecule has 8 heteroatoms. The van der Waals surface area contributed by atoms with Crippen molar-refractivity contribution in [1.29, 1.82) is 0 Å². The Morgan fingerprint density at radius 1 is 1.14 bits per heavy atom. The molecule has 4 aliphatic rings. The molecule has 196 valence electrons. The number of rotatable bonds is 8. The summed E-state index contributed by atoms with van der Waals surface area (Å²) in [6, 6.07) is 8.30. The van der Waals surface area contributed by atoms with Crippen LogP contribution in [0.5, 0.6) is 0 Å². The van der Waals surface area contributed by atoms with E-state index in [4.69, 9.17) is 4.74 Å². The minimum Gasteiger partial charge on any atom is -0.394 e. The van der Waals surface area contributed by atoms with Crippen LogP contribution in [0.2, 0.25) is 0 Å². The fourth-order valence-electron chi connectivity index (χ4n) is 7.57. The first-order valence-corrected chi connectivity index (χ1v) is 13.6. The normalized spacial score (nSPS) is 34.5. The molecule has 3 heterocycles. The molecule has 5 rings (SSSR count). The van der Waals surface area contributed by atoms with Gasteiger partial charge in [0.1, 0.15) is 11.6 Å². The highest BCUT2D eigenvalue weighted by atomic mass is 16.5. The number of nitrogens with zero attached hydrogens (tertiary/aromatic N) is 1. The van der Waals surface area contributed by atoms with Crippen LogP contribution in [0.25, 0.3) is 0 Å². The topological polar surface area (TPSA) is 108 Å². The highest BCUT2D eigenvalue weighted by Crippen LogP contribution is 2.64. The van der Waals surface area contributed by atoms with Gasteiger partial charge in [-0.15, -0.1) is 0 Å². The third-order valence-electron chi connectivity index (χ3n) is 9.27. The van der Waals surface area contributed by atoms with Gasteiger partial charge in [-0.05, 0) is 44.1 Å². The number of benzene rings is 1. The predicted molar refractivity (Wildman–Crippen MR) is 134 cm³/mol. The Bertz CT molecular complexity index is 996. The molecule has 3 aliphatic heterocycles. The molecule has 4 fully saturated rings. The van der Waals surface area contributed by atoms with Gasteiger partial charge in [-0.3, -0.25) is 14.4 Å². The number of nitrogens with one attached hydrogen (secondary N) is 2. The van der Waals surface area contributed by atoms with E-state index in [1.807, 2.05) is 37.3 Å². The average molecular weight is 498 g/mol. The van der Waals surface area contributed by atoms with Crippen molar-refractivity contribution in [2.45, 2.75) is 94.0 Å². The molecule has 36 heavy (non-hydrogen) atoms. The Kier molecular flexibility index (Phi) is 6.85. The van der Waals surface area contributed by atoms with E-state index in [2.05, 4.69) is 10.6 Å². The number of amides is 3. The van der Waals surface area contributed by atoms with Crippen molar-refractivity contribution in [2.75, 3.05) is 13.7 Å². The molecule has 3 N–H and O–H groups in total. The Morgan fingerprint density at radius 3 is 2.50 bits per heavy atom. The van der Waals surface area contributed by atoms with Gasteiger partial charge < -0.3 is 25.4 Å². The van der Waals surface area contributed by atoms with E-state index in [9.17, 15) is 19.5 Å². The fraction of sp³-hybridized carbons (Fsp3) is 0.679. The second-order valence-corrected chi connectivity index (χ2v) is 11.1. The maximum atomic E-state index is 14.2. The van der Waals surface area contributed by atoms with Crippen molar-refractivity contribution in [3.05, 3.63) is 35.9 Å². The molecule has 1 aromatic carbocycles. The lowest BCUT2D eigenvalue weighted by Crippen LogP contribution is -2.59. The number of hydrogen-bond acceptors (Lipinski definition) is 5. The molecule has 2 bridgehead atoms. The van der Waals surface area contributed by atoms with Crippen LogP contribution in [0.15, 0.2) is 30.3 Å². The Hall–Kier alpha value is -2.45. The van der Waals surface area contributed by atoms with Crippen LogP contribution in [0, 0.1) is 11.8 Å². The highest BCUT2D eigenvalue weighted by molar-refractivity contribution is 5.99. The molecule has 2 unspecified atom stereocenters. The number of ether oxygens (including phenoxy) is 1. The standard InChI is InChI=1S/C28H39N3O5/c1-3-27-14-15-28(36-27)22(21(27)24(33)29-2)26(35)31(20(17-32)16-18-10-6-4-7-11-18)23(28)25(34)30-19-12-8-5-9-13-19/h4,6-7,10-11,19-23,32H,3,5,8-9,12-17H2,1-2H3,(H,29,33)(H,30,34)/t20-,21+,22+,23?,27-,28?/m1/s1. The molecule has 8 nitrogen and oxygen atoms in total. The van der Waals surface area contributed by atoms with Gasteiger partial charge in [-0.1, -0.05) is 56.5 Å². The van der Waals surface area contributed by atoms with Gasteiger partial charge >= 0.3 is 0 Å². The fourth-order valence-corrected chi connectivity index (χ4v) is 7.57. The molecule has 6 atom stereocenters. The van der Waals surface area contributed by atoms with Crippen LogP contribution in [-0.4, -0.2) is 70.7 Å². The highest BCUT2D eigenvalue weighted by Gasteiger charge is 2.79. The number of aliphatic hydroxyl groups excluding tert-OH is 1. The van der Waals surface area contributed by atoms with E-state index >= 15 is 0 Å². The second kappa shape index (κ2) is 9.78. The average Bonchev–Trinajstić information content (AvgIpc) is 3.51. The molecular weight excluding hydrogens is 458 g/mol. The summed E-state index contributed by atoms with van der Waals surface area (Å²) < 4.78 is 6.76. The first kappa shape index (κ1) is 25.2. The molecule has 1 aliphatic carbocycles. The third kappa shape index (κ3) is 3.84. The number of carbonyl (C=O) groups is 3. The molecule has 1 spiro atoms. The summed E-state index contributed by atoms with van der Waals surface area (Å²) in [5, 5.41) is 16.5. The lowest BCUT2D eigenvalue weighted by atomic mass is 9.65. The molecule has 3 amide bonds. The summed E-state index contributed by atoms with van der Waals surface area (Å²) in [5.74, 6) is -2.07. The summed E-state index contributed by atoms with van der Waals surface area (Å²) in [6.45, 7) is 1.71. The van der Waals surface area contributed by atoms with Crippen LogP contribution in [0.3, 0.4) is 0 Å². The number of fused-ring (bicyclic) bond motifs is 1. The van der Waals surface area contributed by atoms with Crippen molar-refractivity contribution in [2.24, 2.45) is 11.8 Å². The molecular formula is C28H39N3O5. The second-order valence-electron chi connectivity index (χ2n) is 11.1. The Morgan fingerprint density at radius 2 is 1.86 bits per heavy atom. The van der Waals surface area contributed by atoms with E-state index in [-0.39, 0.29) is 30.4 Å². The van der Waals surface area contributed by atoms with E-state index in [1.165, 1.54) is 6.42 Å². The van der Waals surface area contributed by atoms with E-state index in [1.54, 1.807) is 11.9 Å². The predicted octanol–water partition coefficient (Wildman–Crippen LogP) is 1.94. The first-order valence-electron chi connectivity index (χ1n) is 13.6. The maximum absolute atomic E-state index is 14.2. The molecule has 3 saturated heterocycles. The molecule has 1 saturated carbocycles. The summed E-state index contributed by atoms with van der Waals surface area (Å²) in [7, 11) is 1.58. The summed E-state index contributed by atoms with van der Waals surface area (Å²) >= 11 is 0. The van der Waals surface area contributed by atoms with Gasteiger partial charge in [0.15, 0.2) is 0 Å². The minimum atomic E-state index is -1.06. The van der Waals surface area contributed by atoms with Crippen molar-refractivity contribution in [3.8, 4) is 0 Å². The first-order chi connectivity index (χ1) is 17.4. The van der Waals surface area contributed by atoms with E-state index in [0.717, 1.165) is 31.2 Å². The van der Waals surface area contributed by atoms with E-state index < -0.39 is 35.1 Å². The zero-order valence-corrected chi connectivity index (χ0v) is 21.4. The quantitative estimate of drug-likeness (QED) is 0.509. The summed E-state index contributed by atoms with van der Waals surface area (Å²) in [4.78, 5) is 43.0. The largest absolute Gasteiger partial charge is 0.394 e. The van der Waals surface area contributed by atoms with Gasteiger partial charge in [0, 0.05) is 13.1 Å². The maximum Gasteiger partial charge on any atom is 0.246 e. The number of aliphatic hydroxyl groups is 1. The van der Waals surface area contributed by atoms with Gasteiger partial charge in [0.05, 0.1) is 30.1 Å². The zero-order valence-electron chi connectivity index (χ0n) is 21.4. The van der Waals surface area contributed by atoms with Crippen LogP contribution < -0.4 is 10.6 Å². The lowest BCUT2D eigenvalue weighted by molar-refractivity contribution is -0.151. The van der Waals surface area contributed by atoms with Crippen LogP contribution >= 0.6 is 0 Å². The van der Waals surface area contributed by atoms with Gasteiger partial charge in [-0.2, -0.15) is 0 Å². The van der Waals surface area contributed by atoms with Gasteiger partial charge in [0.25, 0.3) is 0 Å². The molecule has 0 aromatic heterocycles. The number of likely N-dealkylation sites (tertiary alicyclic amines) is 1.